The van der Waals surface area contributed by atoms with Gasteiger partial charge in [0.1, 0.15) is 5.60 Å². The lowest BCUT2D eigenvalue weighted by Gasteiger charge is -2.33. The van der Waals surface area contributed by atoms with Crippen LogP contribution in [0.25, 0.3) is 0 Å². The molecular formula is C22H31N3O2. The summed E-state index contributed by atoms with van der Waals surface area (Å²) in [4.78, 5) is 14.1. The zero-order valence-electron chi connectivity index (χ0n) is 16.9. The van der Waals surface area contributed by atoms with Gasteiger partial charge in [-0.2, -0.15) is 5.10 Å². The number of carbonyl (C=O) groups excluding carboxylic acids is 1. The van der Waals surface area contributed by atoms with Crippen molar-refractivity contribution in [3.63, 3.8) is 0 Å². The Morgan fingerprint density at radius 2 is 1.85 bits per heavy atom. The Bertz CT molecular complexity index is 754. The highest BCUT2D eigenvalue weighted by Gasteiger charge is 2.29. The van der Waals surface area contributed by atoms with E-state index in [1.807, 2.05) is 31.7 Å². The van der Waals surface area contributed by atoms with Crippen molar-refractivity contribution in [1.29, 1.82) is 0 Å². The second kappa shape index (κ2) is 8.15. The van der Waals surface area contributed by atoms with E-state index in [1.165, 1.54) is 11.3 Å². The van der Waals surface area contributed by atoms with Gasteiger partial charge < -0.3 is 9.64 Å². The van der Waals surface area contributed by atoms with E-state index < -0.39 is 5.60 Å². The van der Waals surface area contributed by atoms with Gasteiger partial charge in [0.2, 0.25) is 0 Å². The van der Waals surface area contributed by atoms with Gasteiger partial charge in [-0.25, -0.2) is 4.79 Å². The molecule has 0 N–H and O–H groups in total. The minimum atomic E-state index is -0.443. The highest BCUT2D eigenvalue weighted by atomic mass is 16.6. The first-order chi connectivity index (χ1) is 12.9. The molecule has 0 spiro atoms. The predicted molar refractivity (Wildman–Crippen MR) is 107 cm³/mol. The molecule has 0 unspecified atom stereocenters. The Morgan fingerprint density at radius 1 is 1.19 bits per heavy atom. The molecule has 0 atom stereocenters. The van der Waals surface area contributed by atoms with Gasteiger partial charge in [0, 0.05) is 37.7 Å². The average molecular weight is 370 g/mol. The fourth-order valence-corrected chi connectivity index (χ4v) is 3.64. The molecule has 146 valence electrons. The number of benzene rings is 1. The quantitative estimate of drug-likeness (QED) is 0.791. The normalized spacial score (nSPS) is 15.8. The zero-order chi connectivity index (χ0) is 19.4. The van der Waals surface area contributed by atoms with Crippen molar-refractivity contribution in [2.75, 3.05) is 13.1 Å². The number of aryl methyl sites for hydroxylation is 1. The Labute approximate surface area is 162 Å². The van der Waals surface area contributed by atoms with Crippen LogP contribution in [-0.2, 0) is 17.7 Å². The summed E-state index contributed by atoms with van der Waals surface area (Å²) in [5.41, 5.74) is 3.26. The molecule has 27 heavy (non-hydrogen) atoms. The lowest BCUT2D eigenvalue weighted by molar-refractivity contribution is 0.0203. The summed E-state index contributed by atoms with van der Waals surface area (Å²) in [6, 6.07) is 12.7. The Morgan fingerprint density at radius 3 is 2.44 bits per heavy atom. The number of ether oxygens (including phenoxy) is 1. The van der Waals surface area contributed by atoms with E-state index in [9.17, 15) is 4.79 Å². The van der Waals surface area contributed by atoms with Crippen molar-refractivity contribution >= 4 is 6.09 Å². The number of likely N-dealkylation sites (tertiary alicyclic amines) is 1. The molecule has 1 aliphatic heterocycles. The molecule has 0 aliphatic carbocycles. The van der Waals surface area contributed by atoms with Crippen molar-refractivity contribution in [2.45, 2.75) is 65.0 Å². The van der Waals surface area contributed by atoms with Crippen LogP contribution in [0.4, 0.5) is 4.79 Å². The van der Waals surface area contributed by atoms with Crippen LogP contribution in [0.2, 0.25) is 0 Å². The van der Waals surface area contributed by atoms with Gasteiger partial charge >= 0.3 is 6.09 Å². The number of aromatic nitrogens is 2. The van der Waals surface area contributed by atoms with E-state index in [1.54, 1.807) is 0 Å². The predicted octanol–water partition coefficient (Wildman–Crippen LogP) is 4.61. The van der Waals surface area contributed by atoms with Crippen molar-refractivity contribution in [2.24, 2.45) is 0 Å². The molecule has 1 fully saturated rings. The molecule has 2 aromatic rings. The average Bonchev–Trinajstić information content (AvgIpc) is 3.04. The topological polar surface area (TPSA) is 47.4 Å². The summed E-state index contributed by atoms with van der Waals surface area (Å²) >= 11 is 0. The highest BCUT2D eigenvalue weighted by molar-refractivity contribution is 5.68. The molecule has 1 amide bonds. The lowest BCUT2D eigenvalue weighted by Crippen LogP contribution is -2.41. The standard InChI is InChI=1S/C22H31N3O2/c1-5-25-20(16-19(23-25)15-17-9-7-6-8-10-17)18-11-13-24(14-12-18)21(26)27-22(2,3)4/h6-10,16,18H,5,11-15H2,1-4H3. The van der Waals surface area contributed by atoms with E-state index in [0.29, 0.717) is 5.92 Å². The van der Waals surface area contributed by atoms with Crippen molar-refractivity contribution in [3.8, 4) is 0 Å². The number of rotatable bonds is 4. The minimum Gasteiger partial charge on any atom is -0.444 e. The van der Waals surface area contributed by atoms with Crippen LogP contribution in [0.1, 0.15) is 63.4 Å². The second-order valence-electron chi connectivity index (χ2n) is 8.28. The fraction of sp³-hybridized carbons (Fsp3) is 0.545. The van der Waals surface area contributed by atoms with Crippen LogP contribution in [0.15, 0.2) is 36.4 Å². The molecule has 3 rings (SSSR count). The molecule has 0 saturated carbocycles. The minimum absolute atomic E-state index is 0.199. The van der Waals surface area contributed by atoms with Crippen LogP contribution in [0, 0.1) is 0 Å². The monoisotopic (exact) mass is 369 g/mol. The number of hydrogen-bond donors (Lipinski definition) is 0. The van der Waals surface area contributed by atoms with Gasteiger partial charge in [0.05, 0.1) is 5.69 Å². The van der Waals surface area contributed by atoms with Gasteiger partial charge in [-0.1, -0.05) is 30.3 Å². The molecule has 5 heteroatoms. The largest absolute Gasteiger partial charge is 0.444 e. The van der Waals surface area contributed by atoms with Gasteiger partial charge in [0.15, 0.2) is 0 Å². The van der Waals surface area contributed by atoms with Crippen LogP contribution < -0.4 is 0 Å². The van der Waals surface area contributed by atoms with Crippen molar-refractivity contribution in [3.05, 3.63) is 53.3 Å². The van der Waals surface area contributed by atoms with E-state index in [2.05, 4.69) is 41.9 Å². The van der Waals surface area contributed by atoms with E-state index in [-0.39, 0.29) is 6.09 Å². The molecule has 5 nitrogen and oxygen atoms in total. The van der Waals surface area contributed by atoms with Gasteiger partial charge in [-0.3, -0.25) is 4.68 Å². The van der Waals surface area contributed by atoms with Crippen LogP contribution in [0.5, 0.6) is 0 Å². The molecular weight excluding hydrogens is 338 g/mol. The number of hydrogen-bond acceptors (Lipinski definition) is 3. The maximum atomic E-state index is 12.3. The first-order valence-electron chi connectivity index (χ1n) is 9.94. The number of amides is 1. The number of carbonyl (C=O) groups is 1. The van der Waals surface area contributed by atoms with Crippen LogP contribution in [0.3, 0.4) is 0 Å². The van der Waals surface area contributed by atoms with E-state index >= 15 is 0 Å². The molecule has 1 aliphatic rings. The highest BCUT2D eigenvalue weighted by Crippen LogP contribution is 2.30. The Hall–Kier alpha value is -2.30. The van der Waals surface area contributed by atoms with Gasteiger partial charge in [0.25, 0.3) is 0 Å². The van der Waals surface area contributed by atoms with E-state index in [4.69, 9.17) is 9.84 Å². The van der Waals surface area contributed by atoms with Crippen LogP contribution in [-0.4, -0.2) is 39.5 Å². The summed E-state index contributed by atoms with van der Waals surface area (Å²) in [6.07, 6.45) is 2.57. The first kappa shape index (κ1) is 19.5. The van der Waals surface area contributed by atoms with Crippen molar-refractivity contribution < 1.29 is 9.53 Å². The first-order valence-corrected chi connectivity index (χ1v) is 9.94. The fourth-order valence-electron chi connectivity index (χ4n) is 3.64. The molecule has 2 heterocycles. The van der Waals surface area contributed by atoms with Gasteiger partial charge in [-0.05, 0) is 52.2 Å². The molecule has 1 saturated heterocycles. The maximum absolute atomic E-state index is 12.3. The second-order valence-corrected chi connectivity index (χ2v) is 8.28. The third-order valence-electron chi connectivity index (χ3n) is 4.95. The Kier molecular flexibility index (Phi) is 5.88. The summed E-state index contributed by atoms with van der Waals surface area (Å²) in [5.74, 6) is 0.445. The Balaban J connectivity index is 1.64. The summed E-state index contributed by atoms with van der Waals surface area (Å²) in [6.45, 7) is 10.2. The van der Waals surface area contributed by atoms with Crippen molar-refractivity contribution in [1.82, 2.24) is 14.7 Å². The number of nitrogens with zero attached hydrogens (tertiary/aromatic N) is 3. The molecule has 1 aromatic carbocycles. The third-order valence-corrected chi connectivity index (χ3v) is 4.95. The lowest BCUT2D eigenvalue weighted by atomic mass is 9.93. The maximum Gasteiger partial charge on any atom is 0.410 e. The molecule has 0 bridgehead atoms. The summed E-state index contributed by atoms with van der Waals surface area (Å²) in [5, 5.41) is 4.81. The molecule has 0 radical (unpaired) electrons. The summed E-state index contributed by atoms with van der Waals surface area (Å²) in [7, 11) is 0. The zero-order valence-corrected chi connectivity index (χ0v) is 16.9. The van der Waals surface area contributed by atoms with Gasteiger partial charge in [-0.15, -0.1) is 0 Å². The molecule has 1 aromatic heterocycles. The number of piperidine rings is 1. The van der Waals surface area contributed by atoms with E-state index in [0.717, 1.165) is 44.6 Å². The smallest absolute Gasteiger partial charge is 0.410 e. The van der Waals surface area contributed by atoms with Crippen LogP contribution >= 0.6 is 0 Å². The SMILES string of the molecule is CCn1nc(Cc2ccccc2)cc1C1CCN(C(=O)OC(C)(C)C)CC1. The third kappa shape index (κ3) is 5.12. The summed E-state index contributed by atoms with van der Waals surface area (Å²) < 4.78 is 7.63.